The molecule has 29 heavy (non-hydrogen) atoms. The monoisotopic (exact) mass is 396 g/mol. The second kappa shape index (κ2) is 9.01. The van der Waals surface area contributed by atoms with Crippen LogP contribution in [0.3, 0.4) is 0 Å². The van der Waals surface area contributed by atoms with E-state index in [0.717, 1.165) is 17.1 Å². The van der Waals surface area contributed by atoms with Crippen LogP contribution in [-0.2, 0) is 0 Å². The van der Waals surface area contributed by atoms with Crippen LogP contribution in [-0.4, -0.2) is 38.4 Å². The van der Waals surface area contributed by atoms with Crippen molar-refractivity contribution in [3.05, 3.63) is 48.2 Å². The number of hydrogen-bond acceptors (Lipinski definition) is 8. The van der Waals surface area contributed by atoms with Crippen molar-refractivity contribution in [2.24, 2.45) is 0 Å². The van der Waals surface area contributed by atoms with Crippen molar-refractivity contribution >= 4 is 23.1 Å². The Morgan fingerprint density at radius 2 is 1.41 bits per heavy atom. The zero-order chi connectivity index (χ0) is 20.8. The summed E-state index contributed by atoms with van der Waals surface area (Å²) >= 11 is 0. The molecule has 0 aliphatic carbocycles. The Bertz CT molecular complexity index is 994. The Labute approximate surface area is 169 Å². The summed E-state index contributed by atoms with van der Waals surface area (Å²) < 4.78 is 21.3. The maximum atomic E-state index is 5.42. The Morgan fingerprint density at radius 3 is 2.10 bits per heavy atom. The molecule has 2 N–H and O–H groups in total. The average Bonchev–Trinajstić information content (AvgIpc) is 2.73. The number of nitrogens with one attached hydrogen (secondary N) is 2. The number of aromatic nitrogens is 2. The molecule has 3 rings (SSSR count). The van der Waals surface area contributed by atoms with E-state index in [0.29, 0.717) is 34.8 Å². The molecule has 1 heterocycles. The van der Waals surface area contributed by atoms with E-state index in [2.05, 4.69) is 20.6 Å². The summed E-state index contributed by atoms with van der Waals surface area (Å²) in [5.41, 5.74) is 2.31. The number of benzene rings is 2. The highest BCUT2D eigenvalue weighted by molar-refractivity contribution is 5.68. The average molecular weight is 396 g/mol. The molecule has 0 bridgehead atoms. The highest BCUT2D eigenvalue weighted by Crippen LogP contribution is 2.33. The van der Waals surface area contributed by atoms with E-state index in [9.17, 15) is 0 Å². The highest BCUT2D eigenvalue weighted by atomic mass is 16.5. The molecule has 8 heteroatoms. The summed E-state index contributed by atoms with van der Waals surface area (Å²) in [6.07, 6.45) is 0. The van der Waals surface area contributed by atoms with Crippen molar-refractivity contribution in [2.75, 3.05) is 39.1 Å². The van der Waals surface area contributed by atoms with Crippen molar-refractivity contribution < 1.29 is 18.9 Å². The smallest absolute Gasteiger partial charge is 0.229 e. The Hall–Kier alpha value is -3.68. The van der Waals surface area contributed by atoms with Gasteiger partial charge in [-0.3, -0.25) is 0 Å². The maximum Gasteiger partial charge on any atom is 0.229 e. The molecule has 8 nitrogen and oxygen atoms in total. The number of methoxy groups -OCH3 is 4. The second-order valence-electron chi connectivity index (χ2n) is 6.10. The van der Waals surface area contributed by atoms with Crippen molar-refractivity contribution in [1.29, 1.82) is 0 Å². The molecule has 0 unspecified atom stereocenters. The van der Waals surface area contributed by atoms with Crippen LogP contribution in [0.5, 0.6) is 23.0 Å². The van der Waals surface area contributed by atoms with Gasteiger partial charge in [-0.05, 0) is 31.2 Å². The Balaban J connectivity index is 1.87. The molecule has 3 aromatic rings. The molecule has 0 amide bonds. The first kappa shape index (κ1) is 20.1. The third kappa shape index (κ3) is 4.78. The lowest BCUT2D eigenvalue weighted by molar-refractivity contribution is 0.355. The minimum absolute atomic E-state index is 0.446. The van der Waals surface area contributed by atoms with Crippen molar-refractivity contribution in [2.45, 2.75) is 6.92 Å². The zero-order valence-corrected chi connectivity index (χ0v) is 17.1. The SMILES string of the molecule is COc1ccc(OC)c(Nc2cc(C)nc(Nc3ccc(OC)c(OC)c3)n2)c1. The summed E-state index contributed by atoms with van der Waals surface area (Å²) in [4.78, 5) is 9.01. The molecule has 2 aromatic carbocycles. The van der Waals surface area contributed by atoms with E-state index in [4.69, 9.17) is 18.9 Å². The minimum atomic E-state index is 0.446. The van der Waals surface area contributed by atoms with Gasteiger partial charge in [0.25, 0.3) is 0 Å². The van der Waals surface area contributed by atoms with E-state index in [-0.39, 0.29) is 0 Å². The van der Waals surface area contributed by atoms with Crippen LogP contribution >= 0.6 is 0 Å². The first-order valence-electron chi connectivity index (χ1n) is 8.90. The van der Waals surface area contributed by atoms with E-state index >= 15 is 0 Å². The number of ether oxygens (including phenoxy) is 4. The predicted molar refractivity (Wildman–Crippen MR) is 112 cm³/mol. The topological polar surface area (TPSA) is 86.8 Å². The lowest BCUT2D eigenvalue weighted by Gasteiger charge is -2.14. The van der Waals surface area contributed by atoms with Crippen molar-refractivity contribution in [3.63, 3.8) is 0 Å². The highest BCUT2D eigenvalue weighted by Gasteiger charge is 2.10. The van der Waals surface area contributed by atoms with Gasteiger partial charge in [-0.15, -0.1) is 0 Å². The third-order valence-corrected chi connectivity index (χ3v) is 4.16. The number of rotatable bonds is 8. The summed E-state index contributed by atoms with van der Waals surface area (Å²) in [6.45, 7) is 1.90. The van der Waals surface area contributed by atoms with Crippen LogP contribution in [0.15, 0.2) is 42.5 Å². The molecule has 0 atom stereocenters. The van der Waals surface area contributed by atoms with Gasteiger partial charge in [0.15, 0.2) is 11.5 Å². The Morgan fingerprint density at radius 1 is 0.690 bits per heavy atom. The van der Waals surface area contributed by atoms with Crippen LogP contribution in [0.2, 0.25) is 0 Å². The molecule has 0 aliphatic heterocycles. The Kier molecular flexibility index (Phi) is 6.23. The van der Waals surface area contributed by atoms with Crippen LogP contribution in [0.1, 0.15) is 5.69 Å². The second-order valence-corrected chi connectivity index (χ2v) is 6.10. The van der Waals surface area contributed by atoms with Gasteiger partial charge in [0.05, 0.1) is 34.1 Å². The van der Waals surface area contributed by atoms with Crippen LogP contribution in [0, 0.1) is 6.92 Å². The number of nitrogens with zero attached hydrogens (tertiary/aromatic N) is 2. The predicted octanol–water partition coefficient (Wildman–Crippen LogP) is 4.31. The van der Waals surface area contributed by atoms with Gasteiger partial charge in [0, 0.05) is 29.6 Å². The molecule has 1 aromatic heterocycles. The molecule has 152 valence electrons. The molecule has 0 radical (unpaired) electrons. The van der Waals surface area contributed by atoms with E-state index in [1.807, 2.05) is 49.4 Å². The van der Waals surface area contributed by atoms with Crippen LogP contribution in [0.4, 0.5) is 23.1 Å². The van der Waals surface area contributed by atoms with Gasteiger partial charge in [0.1, 0.15) is 17.3 Å². The largest absolute Gasteiger partial charge is 0.497 e. The van der Waals surface area contributed by atoms with Crippen molar-refractivity contribution in [3.8, 4) is 23.0 Å². The van der Waals surface area contributed by atoms with E-state index in [1.165, 1.54) is 0 Å². The summed E-state index contributed by atoms with van der Waals surface area (Å²) in [5.74, 6) is 3.72. The molecular weight excluding hydrogens is 372 g/mol. The third-order valence-electron chi connectivity index (χ3n) is 4.16. The van der Waals surface area contributed by atoms with E-state index in [1.54, 1.807) is 28.4 Å². The fourth-order valence-electron chi connectivity index (χ4n) is 2.78. The normalized spacial score (nSPS) is 10.2. The first-order chi connectivity index (χ1) is 14.1. The zero-order valence-electron chi connectivity index (χ0n) is 17.1. The van der Waals surface area contributed by atoms with Gasteiger partial charge in [-0.25, -0.2) is 4.98 Å². The van der Waals surface area contributed by atoms with Crippen LogP contribution in [0.25, 0.3) is 0 Å². The van der Waals surface area contributed by atoms with Crippen LogP contribution < -0.4 is 29.6 Å². The summed E-state index contributed by atoms with van der Waals surface area (Å²) in [7, 11) is 6.42. The molecule has 0 fully saturated rings. The molecule has 0 saturated heterocycles. The first-order valence-corrected chi connectivity index (χ1v) is 8.90. The van der Waals surface area contributed by atoms with Gasteiger partial charge in [0.2, 0.25) is 5.95 Å². The maximum absolute atomic E-state index is 5.42. The summed E-state index contributed by atoms with van der Waals surface area (Å²) in [5, 5.41) is 6.46. The van der Waals surface area contributed by atoms with Gasteiger partial charge < -0.3 is 29.6 Å². The lowest BCUT2D eigenvalue weighted by Crippen LogP contribution is -2.03. The van der Waals surface area contributed by atoms with Crippen molar-refractivity contribution in [1.82, 2.24) is 9.97 Å². The molecular formula is C21H24N4O4. The van der Waals surface area contributed by atoms with E-state index < -0.39 is 0 Å². The number of hydrogen-bond donors (Lipinski definition) is 2. The molecule has 0 spiro atoms. The lowest BCUT2D eigenvalue weighted by atomic mass is 10.2. The molecule has 0 saturated carbocycles. The van der Waals surface area contributed by atoms with Gasteiger partial charge in [-0.2, -0.15) is 4.98 Å². The fourth-order valence-corrected chi connectivity index (χ4v) is 2.78. The molecule has 0 aliphatic rings. The van der Waals surface area contributed by atoms with Gasteiger partial charge in [-0.1, -0.05) is 0 Å². The quantitative estimate of drug-likeness (QED) is 0.583. The van der Waals surface area contributed by atoms with Gasteiger partial charge >= 0.3 is 0 Å². The summed E-state index contributed by atoms with van der Waals surface area (Å²) in [6, 6.07) is 12.9. The number of anilines is 4. The minimum Gasteiger partial charge on any atom is -0.497 e. The standard InChI is InChI=1S/C21H24N4O4/c1-13-10-20(24-16-12-15(26-2)7-9-17(16)27-3)25-21(22-13)23-14-6-8-18(28-4)19(11-14)29-5/h6-12H,1-5H3,(H2,22,23,24,25). The number of aryl methyl sites for hydroxylation is 1. The fraction of sp³-hybridized carbons (Fsp3) is 0.238.